The molecular weight excluding hydrogens is 569 g/mol. The summed E-state index contributed by atoms with van der Waals surface area (Å²) in [6.45, 7) is 5.58. The summed E-state index contributed by atoms with van der Waals surface area (Å²) in [5.41, 5.74) is 1.90. The molecule has 0 aliphatic carbocycles. The van der Waals surface area contributed by atoms with Crippen molar-refractivity contribution in [1.82, 2.24) is 19.5 Å². The van der Waals surface area contributed by atoms with Crippen molar-refractivity contribution < 1.29 is 12.8 Å². The molecule has 4 aromatic rings. The third-order valence-corrected chi connectivity index (χ3v) is 7.89. The van der Waals surface area contributed by atoms with E-state index < -0.39 is 21.4 Å². The maximum Gasteiger partial charge on any atom is 0.278 e. The monoisotopic (exact) mass is 591 g/mol. The van der Waals surface area contributed by atoms with Crippen molar-refractivity contribution >= 4 is 54.6 Å². The number of anilines is 1. The van der Waals surface area contributed by atoms with Crippen LogP contribution in [0, 0.1) is 12.7 Å². The Morgan fingerprint density at radius 3 is 2.56 bits per heavy atom. The molecule has 8 nitrogen and oxygen atoms in total. The second-order valence-electron chi connectivity index (χ2n) is 8.45. The maximum absolute atomic E-state index is 15.0. The molecule has 0 saturated carbocycles. The lowest BCUT2D eigenvalue weighted by molar-refractivity contribution is 0.590. The van der Waals surface area contributed by atoms with Crippen LogP contribution in [0.1, 0.15) is 31.0 Å². The topological polar surface area (TPSA) is 107 Å². The first-order chi connectivity index (χ1) is 17.0. The first-order valence-electron chi connectivity index (χ1n) is 10.9. The van der Waals surface area contributed by atoms with Gasteiger partial charge >= 0.3 is 0 Å². The summed E-state index contributed by atoms with van der Waals surface area (Å²) in [7, 11) is -3.90. The summed E-state index contributed by atoms with van der Waals surface area (Å²) in [5.74, 6) is -1.16. The van der Waals surface area contributed by atoms with Crippen LogP contribution in [-0.2, 0) is 15.8 Å². The Morgan fingerprint density at radius 1 is 1.17 bits per heavy atom. The summed E-state index contributed by atoms with van der Waals surface area (Å²) in [4.78, 5) is 26.4. The number of thioether (sulfide) groups is 1. The summed E-state index contributed by atoms with van der Waals surface area (Å²) in [6.07, 6.45) is 3.36. The van der Waals surface area contributed by atoms with Gasteiger partial charge in [-0.3, -0.25) is 14.1 Å². The minimum atomic E-state index is -3.90. The highest BCUT2D eigenvalue weighted by Crippen LogP contribution is 2.26. The second-order valence-corrected chi connectivity index (χ2v) is 11.8. The van der Waals surface area contributed by atoms with Gasteiger partial charge in [-0.25, -0.2) is 27.8 Å². The zero-order valence-electron chi connectivity index (χ0n) is 19.9. The van der Waals surface area contributed by atoms with Crippen molar-refractivity contribution in [3.05, 3.63) is 74.4 Å². The van der Waals surface area contributed by atoms with E-state index in [0.717, 1.165) is 11.6 Å². The second kappa shape index (κ2) is 10.3. The minimum Gasteiger partial charge on any atom is -0.287 e. The van der Waals surface area contributed by atoms with Crippen LogP contribution in [0.15, 0.2) is 57.0 Å². The molecular formula is C24H23BrFN5O3S2. The van der Waals surface area contributed by atoms with E-state index in [0.29, 0.717) is 26.4 Å². The molecule has 0 bridgehead atoms. The van der Waals surface area contributed by atoms with Crippen molar-refractivity contribution in [2.24, 2.45) is 0 Å². The molecule has 4 rings (SSSR count). The van der Waals surface area contributed by atoms with E-state index in [-0.39, 0.29) is 28.7 Å². The van der Waals surface area contributed by atoms with Gasteiger partial charge in [0.2, 0.25) is 10.0 Å². The molecule has 0 fully saturated rings. The fourth-order valence-electron chi connectivity index (χ4n) is 3.67. The van der Waals surface area contributed by atoms with Crippen LogP contribution < -0.4 is 10.3 Å². The highest BCUT2D eigenvalue weighted by Gasteiger charge is 2.20. The molecule has 1 N–H and O–H groups in total. The third-order valence-electron chi connectivity index (χ3n) is 5.37. The standard InChI is InChI=1S/C24H23BrFN5O3S2/c1-13(2)31-22-20(11-27-24(29-22)35-4)28-21(23(31)32)15-7-8-19(18(26)10-15)30-36(33,34)12-16-6-5-14(3)9-17(16)25/h5-11,13,30H,12H2,1-4H3. The van der Waals surface area contributed by atoms with Gasteiger partial charge in [0.25, 0.3) is 5.56 Å². The Labute approximate surface area is 220 Å². The molecule has 12 heteroatoms. The molecule has 0 unspecified atom stereocenters. The number of hydrogen-bond acceptors (Lipinski definition) is 7. The number of benzene rings is 2. The molecule has 2 aromatic carbocycles. The zero-order valence-corrected chi connectivity index (χ0v) is 23.1. The molecule has 36 heavy (non-hydrogen) atoms. The van der Waals surface area contributed by atoms with Crippen molar-refractivity contribution in [1.29, 1.82) is 0 Å². The number of sulfonamides is 1. The number of rotatable bonds is 7. The molecule has 2 heterocycles. The SMILES string of the molecule is CSc1ncc2nc(-c3ccc(NS(=O)(=O)Cc4ccc(C)cc4Br)c(F)c3)c(=O)n(C(C)C)c2n1. The predicted molar refractivity (Wildman–Crippen MR) is 144 cm³/mol. The van der Waals surface area contributed by atoms with Crippen molar-refractivity contribution in [2.45, 2.75) is 37.7 Å². The van der Waals surface area contributed by atoms with Gasteiger partial charge in [0.05, 0.1) is 17.6 Å². The highest BCUT2D eigenvalue weighted by molar-refractivity contribution is 9.10. The van der Waals surface area contributed by atoms with E-state index in [1.165, 1.54) is 34.7 Å². The molecule has 0 amide bonds. The Bertz CT molecular complexity index is 1640. The first kappa shape index (κ1) is 26.2. The number of hydrogen-bond donors (Lipinski definition) is 1. The van der Waals surface area contributed by atoms with Crippen molar-refractivity contribution in [2.75, 3.05) is 11.0 Å². The van der Waals surface area contributed by atoms with Crippen LogP contribution in [0.3, 0.4) is 0 Å². The normalized spacial score (nSPS) is 11.9. The van der Waals surface area contributed by atoms with E-state index >= 15 is 4.39 Å². The Hall–Kier alpha value is -2.83. The lowest BCUT2D eigenvalue weighted by Gasteiger charge is -2.15. The molecule has 0 radical (unpaired) electrons. The highest BCUT2D eigenvalue weighted by atomic mass is 79.9. The summed E-state index contributed by atoms with van der Waals surface area (Å²) >= 11 is 4.71. The van der Waals surface area contributed by atoms with Crippen LogP contribution in [0.25, 0.3) is 22.4 Å². The number of halogens is 2. The van der Waals surface area contributed by atoms with Crippen LogP contribution in [0.2, 0.25) is 0 Å². The van der Waals surface area contributed by atoms with Crippen LogP contribution >= 0.6 is 27.7 Å². The van der Waals surface area contributed by atoms with E-state index in [2.05, 4.69) is 35.6 Å². The minimum absolute atomic E-state index is 0.0218. The molecule has 0 aliphatic rings. The van der Waals surface area contributed by atoms with Gasteiger partial charge in [0, 0.05) is 16.1 Å². The quantitative estimate of drug-likeness (QED) is 0.229. The lowest BCUT2D eigenvalue weighted by atomic mass is 10.1. The molecule has 188 valence electrons. The number of aromatic nitrogens is 4. The summed E-state index contributed by atoms with van der Waals surface area (Å²) in [5, 5.41) is 0.506. The molecule has 0 spiro atoms. The number of nitrogens with one attached hydrogen (secondary N) is 1. The Morgan fingerprint density at radius 2 is 1.92 bits per heavy atom. The predicted octanol–water partition coefficient (Wildman–Crippen LogP) is 5.31. The fourth-order valence-corrected chi connectivity index (χ4v) is 6.06. The van der Waals surface area contributed by atoms with Crippen molar-refractivity contribution in [3.63, 3.8) is 0 Å². The van der Waals surface area contributed by atoms with Gasteiger partial charge in [-0.05, 0) is 56.4 Å². The van der Waals surface area contributed by atoms with Gasteiger partial charge in [-0.2, -0.15) is 0 Å². The van der Waals surface area contributed by atoms with E-state index in [9.17, 15) is 13.2 Å². The largest absolute Gasteiger partial charge is 0.287 e. The van der Waals surface area contributed by atoms with Crippen molar-refractivity contribution in [3.8, 4) is 11.3 Å². The number of nitrogens with zero attached hydrogens (tertiary/aromatic N) is 4. The van der Waals surface area contributed by atoms with E-state index in [4.69, 9.17) is 0 Å². The Balaban J connectivity index is 1.70. The summed E-state index contributed by atoms with van der Waals surface area (Å²) < 4.78 is 44.9. The lowest BCUT2D eigenvalue weighted by Crippen LogP contribution is -2.26. The molecule has 0 atom stereocenters. The number of fused-ring (bicyclic) bond motifs is 1. The maximum atomic E-state index is 15.0. The van der Waals surface area contributed by atoms with Crippen LogP contribution in [-0.4, -0.2) is 34.2 Å². The van der Waals surface area contributed by atoms with E-state index in [1.807, 2.05) is 33.1 Å². The molecule has 0 saturated heterocycles. The average Bonchev–Trinajstić information content (AvgIpc) is 2.81. The summed E-state index contributed by atoms with van der Waals surface area (Å²) in [6, 6.07) is 8.92. The third kappa shape index (κ3) is 5.45. The average molecular weight is 593 g/mol. The molecule has 2 aromatic heterocycles. The van der Waals surface area contributed by atoms with E-state index in [1.54, 1.807) is 12.1 Å². The fraction of sp³-hybridized carbons (Fsp3) is 0.250. The zero-order chi connectivity index (χ0) is 26.2. The van der Waals surface area contributed by atoms with Gasteiger partial charge < -0.3 is 0 Å². The van der Waals surface area contributed by atoms with Gasteiger partial charge in [-0.1, -0.05) is 45.9 Å². The van der Waals surface area contributed by atoms with Gasteiger partial charge in [0.15, 0.2) is 10.8 Å². The number of aryl methyl sites for hydroxylation is 1. The van der Waals surface area contributed by atoms with Gasteiger partial charge in [-0.15, -0.1) is 0 Å². The van der Waals surface area contributed by atoms with Crippen LogP contribution in [0.5, 0.6) is 0 Å². The van der Waals surface area contributed by atoms with Crippen LogP contribution in [0.4, 0.5) is 10.1 Å². The first-order valence-corrected chi connectivity index (χ1v) is 14.5. The smallest absolute Gasteiger partial charge is 0.278 e. The molecule has 0 aliphatic heterocycles. The Kier molecular flexibility index (Phi) is 7.48. The van der Waals surface area contributed by atoms with Gasteiger partial charge in [0.1, 0.15) is 17.0 Å².